The molecule has 5 heteroatoms. The molecule has 0 heterocycles. The van der Waals surface area contributed by atoms with Gasteiger partial charge in [0.25, 0.3) is 0 Å². The number of hydrogen-bond donors (Lipinski definition) is 0. The summed E-state index contributed by atoms with van der Waals surface area (Å²) < 4.78 is 10.3. The Morgan fingerprint density at radius 3 is 2.35 bits per heavy atom. The first kappa shape index (κ1) is 18.7. The molecule has 1 amide bonds. The van der Waals surface area contributed by atoms with E-state index in [0.717, 1.165) is 5.56 Å². The van der Waals surface area contributed by atoms with Crippen molar-refractivity contribution in [2.75, 3.05) is 13.7 Å². The maximum absolute atomic E-state index is 12.4. The summed E-state index contributed by atoms with van der Waals surface area (Å²) in [6.07, 6.45) is 1.34. The molecule has 1 aromatic rings. The second-order valence-electron chi connectivity index (χ2n) is 6.15. The fourth-order valence-electron chi connectivity index (χ4n) is 2.08. The summed E-state index contributed by atoms with van der Waals surface area (Å²) in [5, 5.41) is 0. The summed E-state index contributed by atoms with van der Waals surface area (Å²) >= 11 is 0. The number of ether oxygens (including phenoxy) is 2. The molecule has 0 saturated carbocycles. The van der Waals surface area contributed by atoms with Crippen LogP contribution in [-0.2, 0) is 20.7 Å². The molecule has 0 saturated heterocycles. The Labute approximate surface area is 137 Å². The van der Waals surface area contributed by atoms with Gasteiger partial charge in [-0.2, -0.15) is 0 Å². The second kappa shape index (κ2) is 8.36. The quantitative estimate of drug-likeness (QED) is 0.597. The number of carbonyl (C=O) groups excluding carboxylic acids is 2. The van der Waals surface area contributed by atoms with E-state index < -0.39 is 23.7 Å². The molecule has 0 aliphatic rings. The zero-order chi connectivity index (χ0) is 17.5. The Hall–Kier alpha value is -2.30. The van der Waals surface area contributed by atoms with Crippen LogP contribution in [0.25, 0.3) is 0 Å². The summed E-state index contributed by atoms with van der Waals surface area (Å²) in [6, 6.07) is 8.69. The summed E-state index contributed by atoms with van der Waals surface area (Å²) in [4.78, 5) is 26.0. The van der Waals surface area contributed by atoms with Crippen LogP contribution in [0.1, 0.15) is 26.3 Å². The molecule has 5 nitrogen and oxygen atoms in total. The molecule has 1 rings (SSSR count). The van der Waals surface area contributed by atoms with E-state index in [-0.39, 0.29) is 6.54 Å². The van der Waals surface area contributed by atoms with Gasteiger partial charge in [-0.1, -0.05) is 36.4 Å². The monoisotopic (exact) mass is 319 g/mol. The SMILES string of the molecule is C=CCN(C(=O)OC(C)(C)C)[C@H](Cc1ccccc1)C(=O)OC. The molecule has 23 heavy (non-hydrogen) atoms. The topological polar surface area (TPSA) is 55.8 Å². The number of nitrogens with zero attached hydrogens (tertiary/aromatic N) is 1. The highest BCUT2D eigenvalue weighted by atomic mass is 16.6. The van der Waals surface area contributed by atoms with E-state index in [0.29, 0.717) is 6.42 Å². The van der Waals surface area contributed by atoms with Crippen molar-refractivity contribution in [2.24, 2.45) is 0 Å². The summed E-state index contributed by atoms with van der Waals surface area (Å²) in [5.74, 6) is -0.485. The van der Waals surface area contributed by atoms with Gasteiger partial charge >= 0.3 is 12.1 Å². The van der Waals surface area contributed by atoms with Crippen LogP contribution in [0.3, 0.4) is 0 Å². The lowest BCUT2D eigenvalue weighted by Crippen LogP contribution is -2.48. The smallest absolute Gasteiger partial charge is 0.411 e. The zero-order valence-electron chi connectivity index (χ0n) is 14.2. The molecule has 0 aliphatic heterocycles. The van der Waals surface area contributed by atoms with Gasteiger partial charge in [0.15, 0.2) is 0 Å². The third-order valence-electron chi connectivity index (χ3n) is 3.08. The van der Waals surface area contributed by atoms with Crippen molar-refractivity contribution in [2.45, 2.75) is 38.8 Å². The normalized spacial score (nSPS) is 12.2. The van der Waals surface area contributed by atoms with Gasteiger partial charge in [0.05, 0.1) is 7.11 Å². The number of carbonyl (C=O) groups is 2. The van der Waals surface area contributed by atoms with E-state index in [4.69, 9.17) is 9.47 Å². The highest BCUT2D eigenvalue weighted by molar-refractivity contribution is 5.82. The first-order chi connectivity index (χ1) is 10.8. The Kier molecular flexibility index (Phi) is 6.82. The minimum Gasteiger partial charge on any atom is -0.467 e. The van der Waals surface area contributed by atoms with Gasteiger partial charge in [-0.05, 0) is 26.3 Å². The number of methoxy groups -OCH3 is 1. The standard InChI is InChI=1S/C18H25NO4/c1-6-12-19(17(21)23-18(2,3)4)15(16(20)22-5)13-14-10-8-7-9-11-14/h6-11,15H,1,12-13H2,2-5H3/t15-/m1/s1. The predicted octanol–water partition coefficient (Wildman–Crippen LogP) is 3.19. The van der Waals surface area contributed by atoms with Crippen LogP contribution < -0.4 is 0 Å². The largest absolute Gasteiger partial charge is 0.467 e. The molecular formula is C18H25NO4. The van der Waals surface area contributed by atoms with Gasteiger partial charge in [-0.15, -0.1) is 6.58 Å². The van der Waals surface area contributed by atoms with E-state index in [1.54, 1.807) is 26.8 Å². The molecule has 0 N–H and O–H groups in total. The van der Waals surface area contributed by atoms with Crippen molar-refractivity contribution < 1.29 is 19.1 Å². The van der Waals surface area contributed by atoms with Gasteiger partial charge in [-0.25, -0.2) is 9.59 Å². The molecule has 0 fully saturated rings. The number of rotatable bonds is 6. The Morgan fingerprint density at radius 2 is 1.87 bits per heavy atom. The molecule has 0 unspecified atom stereocenters. The number of benzene rings is 1. The van der Waals surface area contributed by atoms with Gasteiger partial charge in [0.1, 0.15) is 11.6 Å². The lowest BCUT2D eigenvalue weighted by atomic mass is 10.0. The van der Waals surface area contributed by atoms with Crippen LogP contribution in [0, 0.1) is 0 Å². The van der Waals surface area contributed by atoms with Crippen LogP contribution >= 0.6 is 0 Å². The maximum atomic E-state index is 12.4. The highest BCUT2D eigenvalue weighted by Crippen LogP contribution is 2.16. The predicted molar refractivity (Wildman–Crippen MR) is 89.1 cm³/mol. The minimum absolute atomic E-state index is 0.196. The van der Waals surface area contributed by atoms with Crippen molar-refractivity contribution in [3.8, 4) is 0 Å². The fraction of sp³-hybridized carbons (Fsp3) is 0.444. The maximum Gasteiger partial charge on any atom is 0.411 e. The molecule has 126 valence electrons. The average molecular weight is 319 g/mol. The van der Waals surface area contributed by atoms with Crippen molar-refractivity contribution in [3.05, 3.63) is 48.6 Å². The lowest BCUT2D eigenvalue weighted by molar-refractivity contribution is -0.146. The van der Waals surface area contributed by atoms with E-state index in [1.165, 1.54) is 12.0 Å². The third kappa shape index (κ3) is 6.14. The number of esters is 1. The average Bonchev–Trinajstić information content (AvgIpc) is 2.49. The van der Waals surface area contributed by atoms with Gasteiger partial charge in [0.2, 0.25) is 0 Å². The van der Waals surface area contributed by atoms with E-state index >= 15 is 0 Å². The summed E-state index contributed by atoms with van der Waals surface area (Å²) in [7, 11) is 1.31. The summed E-state index contributed by atoms with van der Waals surface area (Å²) in [5.41, 5.74) is 0.282. The molecule has 1 aromatic carbocycles. The molecule has 0 aromatic heterocycles. The molecule has 0 aliphatic carbocycles. The Balaban J connectivity index is 3.05. The van der Waals surface area contributed by atoms with Crippen molar-refractivity contribution in [1.29, 1.82) is 0 Å². The van der Waals surface area contributed by atoms with Gasteiger partial charge in [0, 0.05) is 13.0 Å². The van der Waals surface area contributed by atoms with Crippen LogP contribution in [0.5, 0.6) is 0 Å². The van der Waals surface area contributed by atoms with E-state index in [2.05, 4.69) is 6.58 Å². The molecule has 0 spiro atoms. The van der Waals surface area contributed by atoms with Crippen LogP contribution in [-0.4, -0.2) is 42.3 Å². The Morgan fingerprint density at radius 1 is 1.26 bits per heavy atom. The molecular weight excluding hydrogens is 294 g/mol. The van der Waals surface area contributed by atoms with Crippen molar-refractivity contribution in [1.82, 2.24) is 4.90 Å². The van der Waals surface area contributed by atoms with Crippen LogP contribution in [0.15, 0.2) is 43.0 Å². The van der Waals surface area contributed by atoms with Crippen LogP contribution in [0.2, 0.25) is 0 Å². The molecule has 1 atom stereocenters. The van der Waals surface area contributed by atoms with Crippen LogP contribution in [0.4, 0.5) is 4.79 Å². The third-order valence-corrected chi connectivity index (χ3v) is 3.08. The van der Waals surface area contributed by atoms with Crippen molar-refractivity contribution in [3.63, 3.8) is 0 Å². The highest BCUT2D eigenvalue weighted by Gasteiger charge is 2.33. The number of amides is 1. The minimum atomic E-state index is -0.768. The number of hydrogen-bond acceptors (Lipinski definition) is 4. The molecule has 0 bridgehead atoms. The fourth-order valence-corrected chi connectivity index (χ4v) is 2.08. The molecule has 0 radical (unpaired) electrons. The lowest BCUT2D eigenvalue weighted by Gasteiger charge is -2.31. The van der Waals surface area contributed by atoms with Gasteiger partial charge < -0.3 is 9.47 Å². The first-order valence-corrected chi connectivity index (χ1v) is 7.50. The summed E-state index contributed by atoms with van der Waals surface area (Å²) in [6.45, 7) is 9.19. The first-order valence-electron chi connectivity index (χ1n) is 7.50. The van der Waals surface area contributed by atoms with E-state index in [1.807, 2.05) is 30.3 Å². The second-order valence-corrected chi connectivity index (χ2v) is 6.15. The Bertz CT molecular complexity index is 534. The van der Waals surface area contributed by atoms with Gasteiger partial charge in [-0.3, -0.25) is 4.90 Å². The zero-order valence-corrected chi connectivity index (χ0v) is 14.2. The van der Waals surface area contributed by atoms with Crippen molar-refractivity contribution >= 4 is 12.1 Å². The van der Waals surface area contributed by atoms with E-state index in [9.17, 15) is 9.59 Å².